The Morgan fingerprint density at radius 1 is 0.714 bits per heavy atom. The van der Waals surface area contributed by atoms with E-state index in [0.29, 0.717) is 0 Å². The summed E-state index contributed by atoms with van der Waals surface area (Å²) < 4.78 is 29.7. The zero-order chi connectivity index (χ0) is 24.7. The zero-order valence-electron chi connectivity index (χ0n) is 18.8. The van der Waals surface area contributed by atoms with E-state index >= 15 is 0 Å². The molecular formula is C28H25BrN2O3S. The molecule has 0 heterocycles. The average Bonchev–Trinajstić information content (AvgIpc) is 2.88. The van der Waals surface area contributed by atoms with Crippen LogP contribution in [0.3, 0.4) is 0 Å². The van der Waals surface area contributed by atoms with Crippen LogP contribution in [0.1, 0.15) is 22.7 Å². The highest BCUT2D eigenvalue weighted by Gasteiger charge is 2.28. The molecule has 0 aliphatic rings. The van der Waals surface area contributed by atoms with Gasteiger partial charge in [-0.2, -0.15) is 4.72 Å². The lowest BCUT2D eigenvalue weighted by molar-refractivity contribution is -0.123. The van der Waals surface area contributed by atoms with Crippen molar-refractivity contribution in [3.63, 3.8) is 0 Å². The molecule has 1 atom stereocenters. The van der Waals surface area contributed by atoms with Crippen molar-refractivity contribution in [1.29, 1.82) is 0 Å². The van der Waals surface area contributed by atoms with Crippen LogP contribution in [0.25, 0.3) is 0 Å². The van der Waals surface area contributed by atoms with Gasteiger partial charge in [-0.05, 0) is 47.4 Å². The maximum Gasteiger partial charge on any atom is 0.241 e. The fourth-order valence-electron chi connectivity index (χ4n) is 3.80. The summed E-state index contributed by atoms with van der Waals surface area (Å²) in [6, 6.07) is 33.5. The third-order valence-corrected chi connectivity index (χ3v) is 7.59. The Bertz CT molecular complexity index is 1310. The van der Waals surface area contributed by atoms with Gasteiger partial charge in [-0.15, -0.1) is 0 Å². The summed E-state index contributed by atoms with van der Waals surface area (Å²) in [7, 11) is -3.94. The second kappa shape index (κ2) is 11.4. The van der Waals surface area contributed by atoms with Crippen molar-refractivity contribution in [2.45, 2.75) is 23.4 Å². The highest BCUT2D eigenvalue weighted by atomic mass is 79.9. The van der Waals surface area contributed by atoms with Gasteiger partial charge in [0.15, 0.2) is 0 Å². The van der Waals surface area contributed by atoms with E-state index in [1.165, 1.54) is 12.1 Å². The molecule has 4 aromatic rings. The standard InChI is InChI=1S/C28H25BrN2O3S/c29-24-16-18-25(19-17-24)35(33,34)31-26(20-21-10-4-1-5-11-21)28(32)30-27(22-12-6-2-7-13-22)23-14-8-3-9-15-23/h1-19,26-27,31H,20H2,(H,30,32)/t26-/m0/s1. The second-order valence-electron chi connectivity index (χ2n) is 8.08. The Labute approximate surface area is 214 Å². The van der Waals surface area contributed by atoms with E-state index in [0.717, 1.165) is 21.2 Å². The molecule has 35 heavy (non-hydrogen) atoms. The lowest BCUT2D eigenvalue weighted by Gasteiger charge is -2.24. The molecule has 5 nitrogen and oxygen atoms in total. The molecule has 4 aromatic carbocycles. The van der Waals surface area contributed by atoms with Crippen molar-refractivity contribution in [1.82, 2.24) is 10.0 Å². The highest BCUT2D eigenvalue weighted by Crippen LogP contribution is 2.22. The molecule has 178 valence electrons. The first kappa shape index (κ1) is 24.9. The van der Waals surface area contributed by atoms with Gasteiger partial charge in [0.1, 0.15) is 6.04 Å². The van der Waals surface area contributed by atoms with Gasteiger partial charge in [-0.3, -0.25) is 4.79 Å². The largest absolute Gasteiger partial charge is 0.344 e. The topological polar surface area (TPSA) is 75.3 Å². The number of rotatable bonds is 9. The van der Waals surface area contributed by atoms with E-state index in [9.17, 15) is 13.2 Å². The van der Waals surface area contributed by atoms with Crippen molar-refractivity contribution in [3.8, 4) is 0 Å². The third-order valence-electron chi connectivity index (χ3n) is 5.57. The average molecular weight is 549 g/mol. The van der Waals surface area contributed by atoms with E-state index < -0.39 is 28.0 Å². The van der Waals surface area contributed by atoms with Crippen LogP contribution in [0.2, 0.25) is 0 Å². The molecule has 2 N–H and O–H groups in total. The Kier molecular flexibility index (Phi) is 8.13. The minimum Gasteiger partial charge on any atom is -0.344 e. The van der Waals surface area contributed by atoms with Crippen LogP contribution < -0.4 is 10.0 Å². The minimum absolute atomic E-state index is 0.0919. The quantitative estimate of drug-likeness (QED) is 0.300. The van der Waals surface area contributed by atoms with E-state index in [1.807, 2.05) is 91.0 Å². The summed E-state index contributed by atoms with van der Waals surface area (Å²) >= 11 is 3.32. The summed E-state index contributed by atoms with van der Waals surface area (Å²) in [6.07, 6.45) is 0.207. The van der Waals surface area contributed by atoms with Crippen molar-refractivity contribution >= 4 is 31.9 Å². The maximum atomic E-state index is 13.6. The number of sulfonamides is 1. The number of nitrogens with one attached hydrogen (secondary N) is 2. The van der Waals surface area contributed by atoms with E-state index in [1.54, 1.807) is 12.1 Å². The fraction of sp³-hybridized carbons (Fsp3) is 0.107. The van der Waals surface area contributed by atoms with Gasteiger partial charge in [-0.1, -0.05) is 107 Å². The number of benzene rings is 4. The monoisotopic (exact) mass is 548 g/mol. The van der Waals surface area contributed by atoms with Gasteiger partial charge in [0, 0.05) is 4.47 Å². The van der Waals surface area contributed by atoms with Gasteiger partial charge in [0.2, 0.25) is 15.9 Å². The van der Waals surface area contributed by atoms with Gasteiger partial charge >= 0.3 is 0 Å². The smallest absolute Gasteiger partial charge is 0.241 e. The summed E-state index contributed by atoms with van der Waals surface area (Å²) in [6.45, 7) is 0. The van der Waals surface area contributed by atoms with E-state index in [2.05, 4.69) is 26.0 Å². The lowest BCUT2D eigenvalue weighted by atomic mass is 9.97. The molecule has 0 saturated carbocycles. The van der Waals surface area contributed by atoms with Gasteiger partial charge in [-0.25, -0.2) is 8.42 Å². The highest BCUT2D eigenvalue weighted by molar-refractivity contribution is 9.10. The number of carbonyl (C=O) groups excluding carboxylic acids is 1. The Morgan fingerprint density at radius 3 is 1.71 bits per heavy atom. The molecule has 0 fully saturated rings. The summed E-state index contributed by atoms with van der Waals surface area (Å²) in [5.74, 6) is -0.410. The molecule has 0 spiro atoms. The van der Waals surface area contributed by atoms with Crippen molar-refractivity contribution in [2.75, 3.05) is 0 Å². The summed E-state index contributed by atoms with van der Waals surface area (Å²) in [5, 5.41) is 3.08. The molecule has 7 heteroatoms. The van der Waals surface area contributed by atoms with E-state index in [-0.39, 0.29) is 11.3 Å². The zero-order valence-corrected chi connectivity index (χ0v) is 21.2. The fourth-order valence-corrected chi connectivity index (χ4v) is 5.26. The lowest BCUT2D eigenvalue weighted by Crippen LogP contribution is -2.49. The summed E-state index contributed by atoms with van der Waals surface area (Å²) in [4.78, 5) is 13.7. The molecule has 0 aliphatic carbocycles. The van der Waals surface area contributed by atoms with Crippen molar-refractivity contribution in [3.05, 3.63) is 136 Å². The van der Waals surface area contributed by atoms with Crippen LogP contribution in [-0.4, -0.2) is 20.4 Å². The summed E-state index contributed by atoms with van der Waals surface area (Å²) in [5.41, 5.74) is 2.66. The number of carbonyl (C=O) groups is 1. The molecule has 0 aromatic heterocycles. The van der Waals surface area contributed by atoms with Crippen LogP contribution in [0, 0.1) is 0 Å². The first-order chi connectivity index (χ1) is 16.9. The molecule has 4 rings (SSSR count). The number of hydrogen-bond acceptors (Lipinski definition) is 3. The normalized spacial score (nSPS) is 12.3. The first-order valence-electron chi connectivity index (χ1n) is 11.1. The van der Waals surface area contributed by atoms with Crippen molar-refractivity contribution in [2.24, 2.45) is 0 Å². The molecule has 1 amide bonds. The van der Waals surface area contributed by atoms with Gasteiger partial charge < -0.3 is 5.32 Å². The molecule has 0 saturated heterocycles. The minimum atomic E-state index is -3.94. The number of hydrogen-bond donors (Lipinski definition) is 2. The predicted octanol–water partition coefficient (Wildman–Crippen LogP) is 5.24. The first-order valence-corrected chi connectivity index (χ1v) is 13.4. The van der Waals surface area contributed by atoms with Crippen molar-refractivity contribution < 1.29 is 13.2 Å². The van der Waals surface area contributed by atoms with Crippen LogP contribution in [0.4, 0.5) is 0 Å². The van der Waals surface area contributed by atoms with Crippen LogP contribution >= 0.6 is 15.9 Å². The van der Waals surface area contributed by atoms with Crippen LogP contribution in [0.15, 0.2) is 125 Å². The molecule has 0 radical (unpaired) electrons. The Balaban J connectivity index is 1.65. The number of amides is 1. The molecular weight excluding hydrogens is 524 g/mol. The SMILES string of the molecule is O=C(NC(c1ccccc1)c1ccccc1)[C@H](Cc1ccccc1)NS(=O)(=O)c1ccc(Br)cc1. The second-order valence-corrected chi connectivity index (χ2v) is 10.7. The predicted molar refractivity (Wildman–Crippen MR) is 141 cm³/mol. The molecule has 0 aliphatic heterocycles. The Morgan fingerprint density at radius 2 is 1.20 bits per heavy atom. The van der Waals surface area contributed by atoms with Crippen LogP contribution in [-0.2, 0) is 21.2 Å². The van der Waals surface area contributed by atoms with E-state index in [4.69, 9.17) is 0 Å². The third kappa shape index (κ3) is 6.66. The maximum absolute atomic E-state index is 13.6. The molecule has 0 bridgehead atoms. The molecule has 0 unspecified atom stereocenters. The number of halogens is 1. The Hall–Kier alpha value is -3.26. The van der Waals surface area contributed by atoms with Gasteiger partial charge in [0.25, 0.3) is 0 Å². The van der Waals surface area contributed by atoms with Crippen LogP contribution in [0.5, 0.6) is 0 Å². The van der Waals surface area contributed by atoms with Gasteiger partial charge in [0.05, 0.1) is 10.9 Å².